The lowest BCUT2D eigenvalue weighted by Crippen LogP contribution is -2.27. The van der Waals surface area contributed by atoms with Crippen LogP contribution in [0, 0.1) is 6.04 Å². The summed E-state index contributed by atoms with van der Waals surface area (Å²) in [4.78, 5) is 11.1. The molecule has 0 bridgehead atoms. The minimum atomic E-state index is -0.273. The van der Waals surface area contributed by atoms with Gasteiger partial charge in [0.2, 0.25) is 0 Å². The van der Waals surface area contributed by atoms with Crippen molar-refractivity contribution in [3.05, 3.63) is 6.04 Å². The van der Waals surface area contributed by atoms with Gasteiger partial charge in [-0.25, -0.2) is 4.79 Å². The van der Waals surface area contributed by atoms with E-state index in [1.807, 2.05) is 0 Å². The molecule has 13 heavy (non-hydrogen) atoms. The zero-order chi connectivity index (χ0) is 9.52. The van der Waals surface area contributed by atoms with E-state index >= 15 is 0 Å². The molecule has 75 valence electrons. The van der Waals surface area contributed by atoms with E-state index in [4.69, 9.17) is 4.74 Å². The van der Waals surface area contributed by atoms with Crippen molar-refractivity contribution in [2.75, 3.05) is 6.61 Å². The van der Waals surface area contributed by atoms with Crippen LogP contribution in [0.2, 0.25) is 0 Å². The molecule has 0 saturated heterocycles. The number of hydrogen-bond acceptors (Lipinski definition) is 2. The standard InChI is InChI=1S/C10H18NO2/c1-2-3-8-13-10(12)11-9-6-4-5-7-9/h2-8H2,1H3,(H,11,12). The van der Waals surface area contributed by atoms with E-state index in [0.717, 1.165) is 31.7 Å². The van der Waals surface area contributed by atoms with Crippen LogP contribution < -0.4 is 5.32 Å². The van der Waals surface area contributed by atoms with Crippen molar-refractivity contribution in [2.45, 2.75) is 45.4 Å². The first kappa shape index (κ1) is 10.4. The molecule has 3 nitrogen and oxygen atoms in total. The van der Waals surface area contributed by atoms with Crippen LogP contribution in [0.3, 0.4) is 0 Å². The van der Waals surface area contributed by atoms with Gasteiger partial charge in [0.25, 0.3) is 0 Å². The maximum Gasteiger partial charge on any atom is 0.407 e. The number of nitrogens with one attached hydrogen (secondary N) is 1. The van der Waals surface area contributed by atoms with E-state index in [1.165, 1.54) is 12.8 Å². The van der Waals surface area contributed by atoms with Crippen molar-refractivity contribution in [1.29, 1.82) is 0 Å². The quantitative estimate of drug-likeness (QED) is 0.682. The predicted molar refractivity (Wildman–Crippen MR) is 51.1 cm³/mol. The van der Waals surface area contributed by atoms with Crippen molar-refractivity contribution in [3.63, 3.8) is 0 Å². The maximum atomic E-state index is 11.1. The minimum Gasteiger partial charge on any atom is -0.450 e. The number of unbranched alkanes of at least 4 members (excludes halogenated alkanes) is 1. The first-order chi connectivity index (χ1) is 6.33. The number of carbonyl (C=O) groups excluding carboxylic acids is 1. The molecule has 3 heteroatoms. The second-order valence-corrected chi connectivity index (χ2v) is 3.43. The van der Waals surface area contributed by atoms with Gasteiger partial charge in [0.05, 0.1) is 12.6 Å². The van der Waals surface area contributed by atoms with Gasteiger partial charge in [0, 0.05) is 0 Å². The first-order valence-electron chi connectivity index (χ1n) is 5.11. The molecular formula is C10H18NO2. The predicted octanol–water partition coefficient (Wildman–Crippen LogP) is 2.62. The second kappa shape index (κ2) is 5.84. The van der Waals surface area contributed by atoms with Gasteiger partial charge in [-0.15, -0.1) is 0 Å². The Kier molecular flexibility index (Phi) is 4.65. The molecule has 0 unspecified atom stereocenters. The third kappa shape index (κ3) is 4.15. The number of hydrogen-bond donors (Lipinski definition) is 1. The molecule has 0 atom stereocenters. The lowest BCUT2D eigenvalue weighted by Gasteiger charge is -2.10. The van der Waals surface area contributed by atoms with Crippen LogP contribution >= 0.6 is 0 Å². The molecule has 1 amide bonds. The Morgan fingerprint density at radius 3 is 2.77 bits per heavy atom. The summed E-state index contributed by atoms with van der Waals surface area (Å²) in [6, 6.07) is 1.14. The lowest BCUT2D eigenvalue weighted by molar-refractivity contribution is 0.145. The summed E-state index contributed by atoms with van der Waals surface area (Å²) >= 11 is 0. The van der Waals surface area contributed by atoms with Crippen LogP contribution in [-0.2, 0) is 4.74 Å². The van der Waals surface area contributed by atoms with Crippen LogP contribution in [0.4, 0.5) is 4.79 Å². The highest BCUT2D eigenvalue weighted by molar-refractivity contribution is 5.68. The highest BCUT2D eigenvalue weighted by Crippen LogP contribution is 2.23. The van der Waals surface area contributed by atoms with Crippen LogP contribution in [0.15, 0.2) is 0 Å². The lowest BCUT2D eigenvalue weighted by atomic mass is 10.3. The van der Waals surface area contributed by atoms with E-state index in [0.29, 0.717) is 6.61 Å². The normalized spacial score (nSPS) is 17.3. The summed E-state index contributed by atoms with van der Waals surface area (Å²) < 4.78 is 4.97. The Hall–Kier alpha value is -0.730. The third-order valence-corrected chi connectivity index (χ3v) is 2.22. The largest absolute Gasteiger partial charge is 0.450 e. The Balaban J connectivity index is 2.02. The van der Waals surface area contributed by atoms with Gasteiger partial charge in [0.1, 0.15) is 0 Å². The van der Waals surface area contributed by atoms with Gasteiger partial charge < -0.3 is 10.1 Å². The summed E-state index contributed by atoms with van der Waals surface area (Å²) in [6.07, 6.45) is 6.19. The van der Waals surface area contributed by atoms with E-state index in [2.05, 4.69) is 12.2 Å². The third-order valence-electron chi connectivity index (χ3n) is 2.22. The van der Waals surface area contributed by atoms with Crippen LogP contribution in [0.1, 0.15) is 45.4 Å². The van der Waals surface area contributed by atoms with E-state index in [-0.39, 0.29) is 6.09 Å². The average Bonchev–Trinajstić information content (AvgIpc) is 2.57. The summed E-state index contributed by atoms with van der Waals surface area (Å²) in [5, 5.41) is 2.79. The maximum absolute atomic E-state index is 11.1. The van der Waals surface area contributed by atoms with Gasteiger partial charge in [-0.1, -0.05) is 26.2 Å². The fraction of sp³-hybridized carbons (Fsp3) is 0.800. The van der Waals surface area contributed by atoms with Gasteiger partial charge in [-0.05, 0) is 19.3 Å². The number of carbonyl (C=O) groups is 1. The molecular weight excluding hydrogens is 166 g/mol. The second-order valence-electron chi connectivity index (χ2n) is 3.43. The molecule has 1 N–H and O–H groups in total. The smallest absolute Gasteiger partial charge is 0.407 e. The molecule has 0 aromatic rings. The fourth-order valence-corrected chi connectivity index (χ4v) is 1.42. The van der Waals surface area contributed by atoms with Gasteiger partial charge in [-0.2, -0.15) is 0 Å². The highest BCUT2D eigenvalue weighted by atomic mass is 16.5. The average molecular weight is 184 g/mol. The monoisotopic (exact) mass is 184 g/mol. The highest BCUT2D eigenvalue weighted by Gasteiger charge is 2.18. The van der Waals surface area contributed by atoms with Crippen LogP contribution in [0.5, 0.6) is 0 Å². The number of ether oxygens (including phenoxy) is 1. The zero-order valence-electron chi connectivity index (χ0n) is 8.27. The molecule has 1 rings (SSSR count). The Morgan fingerprint density at radius 1 is 1.46 bits per heavy atom. The first-order valence-corrected chi connectivity index (χ1v) is 5.11. The van der Waals surface area contributed by atoms with Crippen LogP contribution in [-0.4, -0.2) is 12.7 Å². The number of amides is 1. The Labute approximate surface area is 79.8 Å². The molecule has 1 aliphatic carbocycles. The summed E-state index contributed by atoms with van der Waals surface area (Å²) in [7, 11) is 0. The molecule has 0 aromatic carbocycles. The SMILES string of the molecule is CCCCOC(=O)N[C]1CCCC1. The molecule has 0 spiro atoms. The van der Waals surface area contributed by atoms with E-state index in [1.54, 1.807) is 0 Å². The Morgan fingerprint density at radius 2 is 2.15 bits per heavy atom. The van der Waals surface area contributed by atoms with Crippen molar-refractivity contribution < 1.29 is 9.53 Å². The van der Waals surface area contributed by atoms with E-state index < -0.39 is 0 Å². The molecule has 1 radical (unpaired) electrons. The van der Waals surface area contributed by atoms with Crippen molar-refractivity contribution in [1.82, 2.24) is 5.32 Å². The molecule has 0 heterocycles. The van der Waals surface area contributed by atoms with Crippen molar-refractivity contribution in [3.8, 4) is 0 Å². The summed E-state index contributed by atoms with van der Waals surface area (Å²) in [5.41, 5.74) is 0. The Bertz CT molecular complexity index is 153. The molecule has 1 fully saturated rings. The summed E-state index contributed by atoms with van der Waals surface area (Å²) in [6.45, 7) is 2.61. The molecule has 1 aliphatic rings. The van der Waals surface area contributed by atoms with Gasteiger partial charge >= 0.3 is 6.09 Å². The van der Waals surface area contributed by atoms with E-state index in [9.17, 15) is 4.79 Å². The fourth-order valence-electron chi connectivity index (χ4n) is 1.42. The molecule has 0 aromatic heterocycles. The molecule has 1 saturated carbocycles. The van der Waals surface area contributed by atoms with Crippen LogP contribution in [0.25, 0.3) is 0 Å². The molecule has 0 aliphatic heterocycles. The van der Waals surface area contributed by atoms with Gasteiger partial charge in [0.15, 0.2) is 0 Å². The zero-order valence-corrected chi connectivity index (χ0v) is 8.27. The van der Waals surface area contributed by atoms with Crippen molar-refractivity contribution in [2.24, 2.45) is 0 Å². The number of alkyl carbamates (subject to hydrolysis) is 1. The van der Waals surface area contributed by atoms with Crippen molar-refractivity contribution >= 4 is 6.09 Å². The topological polar surface area (TPSA) is 38.3 Å². The number of rotatable bonds is 4. The minimum absolute atomic E-state index is 0.273. The van der Waals surface area contributed by atoms with Gasteiger partial charge in [-0.3, -0.25) is 0 Å². The summed E-state index contributed by atoms with van der Waals surface area (Å²) in [5.74, 6) is 0.